The van der Waals surface area contributed by atoms with Crippen LogP contribution in [0.4, 0.5) is 0 Å². The summed E-state index contributed by atoms with van der Waals surface area (Å²) in [5, 5.41) is 2.45. The van der Waals surface area contributed by atoms with Crippen LogP contribution in [0.1, 0.15) is 25.0 Å². The summed E-state index contributed by atoms with van der Waals surface area (Å²) in [6.45, 7) is 4.63. The summed E-state index contributed by atoms with van der Waals surface area (Å²) in [4.78, 5) is 10.9. The minimum absolute atomic E-state index is 0.265. The standard InChI is InChI=1S/C53H38N2/c1-53(2)47-29-28-37-20-12-13-27-46(37)48(47)51-49(53)50(38-21-10-5-11-22-38)54-52(55-51)42-26-15-24-40(31-42)39-23-14-25-41(30-39)45-33-43(35-16-6-3-7-17-35)32-44(34-45)36-18-8-4-9-19-36/h3-34H,1-2H3. The van der Waals surface area contributed by atoms with Crippen LogP contribution in [0.5, 0.6) is 0 Å². The van der Waals surface area contributed by atoms with Gasteiger partial charge in [0.25, 0.3) is 0 Å². The van der Waals surface area contributed by atoms with Gasteiger partial charge in [0.05, 0.1) is 11.4 Å². The van der Waals surface area contributed by atoms with Gasteiger partial charge < -0.3 is 0 Å². The van der Waals surface area contributed by atoms with E-state index < -0.39 is 0 Å². The van der Waals surface area contributed by atoms with Crippen molar-refractivity contribution in [2.45, 2.75) is 19.3 Å². The minimum atomic E-state index is -0.265. The van der Waals surface area contributed by atoms with Crippen LogP contribution < -0.4 is 0 Å². The molecule has 0 aliphatic heterocycles. The molecule has 1 aromatic heterocycles. The summed E-state index contributed by atoms with van der Waals surface area (Å²) in [6, 6.07) is 69.6. The second-order valence-corrected chi connectivity index (χ2v) is 15.0. The van der Waals surface area contributed by atoms with Crippen molar-refractivity contribution in [1.29, 1.82) is 0 Å². The highest BCUT2D eigenvalue weighted by Gasteiger charge is 2.41. The van der Waals surface area contributed by atoms with Crippen molar-refractivity contribution in [3.05, 3.63) is 205 Å². The molecular weight excluding hydrogens is 665 g/mol. The number of hydrogen-bond donors (Lipinski definition) is 0. The van der Waals surface area contributed by atoms with Gasteiger partial charge in [-0.15, -0.1) is 0 Å². The average Bonchev–Trinajstić information content (AvgIpc) is 3.50. The van der Waals surface area contributed by atoms with Crippen LogP contribution in [0.25, 0.3) is 89.2 Å². The molecule has 0 bridgehead atoms. The van der Waals surface area contributed by atoms with E-state index in [1.54, 1.807) is 0 Å². The molecule has 9 aromatic rings. The lowest BCUT2D eigenvalue weighted by Gasteiger charge is -2.24. The fourth-order valence-electron chi connectivity index (χ4n) is 8.45. The summed E-state index contributed by atoms with van der Waals surface area (Å²) >= 11 is 0. The fourth-order valence-corrected chi connectivity index (χ4v) is 8.45. The van der Waals surface area contributed by atoms with E-state index in [9.17, 15) is 0 Å². The van der Waals surface area contributed by atoms with Crippen molar-refractivity contribution in [1.82, 2.24) is 9.97 Å². The van der Waals surface area contributed by atoms with E-state index in [4.69, 9.17) is 9.97 Å². The zero-order chi connectivity index (χ0) is 36.9. The quantitative estimate of drug-likeness (QED) is 0.172. The van der Waals surface area contributed by atoms with Gasteiger partial charge in [-0.1, -0.05) is 178 Å². The molecule has 8 aromatic carbocycles. The molecule has 2 heteroatoms. The van der Waals surface area contributed by atoms with Gasteiger partial charge in [0.2, 0.25) is 0 Å². The summed E-state index contributed by atoms with van der Waals surface area (Å²) in [7, 11) is 0. The Balaban J connectivity index is 1.11. The topological polar surface area (TPSA) is 25.8 Å². The maximum atomic E-state index is 5.46. The number of benzene rings is 8. The molecule has 0 saturated carbocycles. The monoisotopic (exact) mass is 702 g/mol. The number of fused-ring (bicyclic) bond motifs is 5. The molecule has 0 spiro atoms. The largest absolute Gasteiger partial charge is 0.228 e. The summed E-state index contributed by atoms with van der Waals surface area (Å²) < 4.78 is 0. The lowest BCUT2D eigenvalue weighted by molar-refractivity contribution is 0.658. The Labute approximate surface area is 322 Å². The Kier molecular flexibility index (Phi) is 7.85. The molecule has 0 fully saturated rings. The average molecular weight is 703 g/mol. The van der Waals surface area contributed by atoms with E-state index in [1.165, 1.54) is 60.8 Å². The van der Waals surface area contributed by atoms with Gasteiger partial charge in [0.15, 0.2) is 5.82 Å². The molecule has 0 unspecified atom stereocenters. The molecule has 1 aliphatic carbocycles. The first-order valence-electron chi connectivity index (χ1n) is 19.0. The Morgan fingerprint density at radius 1 is 0.345 bits per heavy atom. The molecule has 0 amide bonds. The zero-order valence-electron chi connectivity index (χ0n) is 30.9. The summed E-state index contributed by atoms with van der Waals surface area (Å²) in [5.41, 5.74) is 17.0. The third-order valence-corrected chi connectivity index (χ3v) is 11.2. The fraction of sp³-hybridized carbons (Fsp3) is 0.0566. The smallest absolute Gasteiger partial charge is 0.160 e. The second kappa shape index (κ2) is 13.2. The highest BCUT2D eigenvalue weighted by atomic mass is 14.9. The Hall–Kier alpha value is -6.90. The number of aromatic nitrogens is 2. The van der Waals surface area contributed by atoms with Gasteiger partial charge in [0, 0.05) is 27.7 Å². The van der Waals surface area contributed by atoms with Gasteiger partial charge in [-0.3, -0.25) is 0 Å². The van der Waals surface area contributed by atoms with Crippen molar-refractivity contribution in [3.8, 4) is 78.4 Å². The van der Waals surface area contributed by atoms with Crippen molar-refractivity contribution in [2.24, 2.45) is 0 Å². The first kappa shape index (κ1) is 32.7. The van der Waals surface area contributed by atoms with Crippen molar-refractivity contribution in [3.63, 3.8) is 0 Å². The molecule has 55 heavy (non-hydrogen) atoms. The molecule has 0 radical (unpaired) electrons. The SMILES string of the molecule is CC1(C)c2ccc3ccccc3c2-c2nc(-c3cccc(-c4cccc(-c5cc(-c6ccccc6)cc(-c6ccccc6)c5)c4)c3)nc(-c3ccccc3)c21. The lowest BCUT2D eigenvalue weighted by atomic mass is 9.80. The van der Waals surface area contributed by atoms with Crippen molar-refractivity contribution in [2.75, 3.05) is 0 Å². The van der Waals surface area contributed by atoms with Crippen LogP contribution in [0.2, 0.25) is 0 Å². The molecule has 0 saturated heterocycles. The number of hydrogen-bond acceptors (Lipinski definition) is 2. The van der Waals surface area contributed by atoms with Crippen LogP contribution in [-0.4, -0.2) is 9.97 Å². The van der Waals surface area contributed by atoms with Gasteiger partial charge in [-0.25, -0.2) is 9.97 Å². The molecule has 1 heterocycles. The summed E-state index contributed by atoms with van der Waals surface area (Å²) in [5.74, 6) is 0.732. The predicted octanol–water partition coefficient (Wildman–Crippen LogP) is 13.9. The Bertz CT molecular complexity index is 2820. The van der Waals surface area contributed by atoms with Crippen LogP contribution in [-0.2, 0) is 5.41 Å². The third kappa shape index (κ3) is 5.75. The van der Waals surface area contributed by atoms with Crippen LogP contribution in [0.15, 0.2) is 194 Å². The van der Waals surface area contributed by atoms with E-state index in [0.717, 1.165) is 39.5 Å². The second-order valence-electron chi connectivity index (χ2n) is 15.0. The zero-order valence-corrected chi connectivity index (χ0v) is 30.9. The molecule has 2 nitrogen and oxygen atoms in total. The molecular formula is C53H38N2. The van der Waals surface area contributed by atoms with Crippen LogP contribution in [0, 0.1) is 0 Å². The Morgan fingerprint density at radius 2 is 0.782 bits per heavy atom. The van der Waals surface area contributed by atoms with E-state index in [0.29, 0.717) is 0 Å². The molecule has 10 rings (SSSR count). The highest BCUT2D eigenvalue weighted by Crippen LogP contribution is 2.53. The highest BCUT2D eigenvalue weighted by molar-refractivity contribution is 6.03. The Morgan fingerprint density at radius 3 is 1.40 bits per heavy atom. The molecule has 1 aliphatic rings. The molecule has 0 atom stereocenters. The minimum Gasteiger partial charge on any atom is -0.228 e. The first-order chi connectivity index (χ1) is 27.0. The van der Waals surface area contributed by atoms with Crippen LogP contribution >= 0.6 is 0 Å². The maximum Gasteiger partial charge on any atom is 0.160 e. The van der Waals surface area contributed by atoms with Gasteiger partial charge in [0.1, 0.15) is 0 Å². The van der Waals surface area contributed by atoms with Gasteiger partial charge in [-0.2, -0.15) is 0 Å². The maximum absolute atomic E-state index is 5.46. The molecule has 0 N–H and O–H groups in total. The van der Waals surface area contributed by atoms with Crippen molar-refractivity contribution < 1.29 is 0 Å². The van der Waals surface area contributed by atoms with Gasteiger partial charge in [-0.05, 0) is 91.2 Å². The number of rotatable bonds is 6. The van der Waals surface area contributed by atoms with E-state index in [1.807, 2.05) is 0 Å². The van der Waals surface area contributed by atoms with E-state index in [2.05, 4.69) is 208 Å². The lowest BCUT2D eigenvalue weighted by Crippen LogP contribution is -2.17. The third-order valence-electron chi connectivity index (χ3n) is 11.2. The van der Waals surface area contributed by atoms with Crippen LogP contribution in [0.3, 0.4) is 0 Å². The van der Waals surface area contributed by atoms with Crippen molar-refractivity contribution >= 4 is 10.8 Å². The van der Waals surface area contributed by atoms with E-state index in [-0.39, 0.29) is 5.41 Å². The van der Waals surface area contributed by atoms with Gasteiger partial charge >= 0.3 is 0 Å². The first-order valence-corrected chi connectivity index (χ1v) is 19.0. The predicted molar refractivity (Wildman–Crippen MR) is 230 cm³/mol. The molecule has 260 valence electrons. The summed E-state index contributed by atoms with van der Waals surface area (Å²) in [6.07, 6.45) is 0. The van der Waals surface area contributed by atoms with E-state index >= 15 is 0 Å². The normalized spacial score (nSPS) is 12.7. The number of nitrogens with zero attached hydrogens (tertiary/aromatic N) is 2.